The van der Waals surface area contributed by atoms with Gasteiger partial charge in [-0.15, -0.1) is 0 Å². The maximum Gasteiger partial charge on any atom is 0.138 e. The summed E-state index contributed by atoms with van der Waals surface area (Å²) in [5.74, 6) is 6.16. The summed E-state index contributed by atoms with van der Waals surface area (Å²) in [5, 5.41) is 4.01. The van der Waals surface area contributed by atoms with Gasteiger partial charge in [0.25, 0.3) is 0 Å². The molecule has 1 atom stereocenters. The maximum atomic E-state index is 12.8. The van der Waals surface area contributed by atoms with Gasteiger partial charge in [-0.25, -0.2) is 9.37 Å². The van der Waals surface area contributed by atoms with Gasteiger partial charge in [-0.05, 0) is 24.1 Å². The molecule has 1 heterocycles. The molecular weight excluding hydrogens is 233 g/mol. The third kappa shape index (κ3) is 3.12. The highest BCUT2D eigenvalue weighted by molar-refractivity contribution is 5.17. The number of aromatic nitrogens is 3. The number of hydrazine groups is 1. The third-order valence-electron chi connectivity index (χ3n) is 2.87. The molecule has 0 saturated carbocycles. The lowest BCUT2D eigenvalue weighted by Crippen LogP contribution is -2.39. The van der Waals surface area contributed by atoms with E-state index < -0.39 is 0 Å². The van der Waals surface area contributed by atoms with Crippen molar-refractivity contribution >= 4 is 0 Å². The van der Waals surface area contributed by atoms with Crippen LogP contribution < -0.4 is 11.3 Å². The predicted octanol–water partition coefficient (Wildman–Crippen LogP) is 0.571. The van der Waals surface area contributed by atoms with E-state index in [0.717, 1.165) is 11.4 Å². The van der Waals surface area contributed by atoms with Gasteiger partial charge in [-0.1, -0.05) is 12.1 Å². The van der Waals surface area contributed by atoms with Crippen molar-refractivity contribution in [1.82, 2.24) is 20.2 Å². The number of nitrogens with two attached hydrogens (primary N) is 1. The second-order valence-corrected chi connectivity index (χ2v) is 4.20. The Morgan fingerprint density at radius 3 is 2.61 bits per heavy atom. The SMILES string of the molecule is Cn1ncnc1CC(Cc1ccc(F)cc1)NN. The second kappa shape index (κ2) is 5.70. The zero-order chi connectivity index (χ0) is 13.0. The highest BCUT2D eigenvalue weighted by Gasteiger charge is 2.12. The normalized spacial score (nSPS) is 12.6. The lowest BCUT2D eigenvalue weighted by atomic mass is 10.0. The minimum absolute atomic E-state index is 0.0401. The quantitative estimate of drug-likeness (QED) is 0.600. The van der Waals surface area contributed by atoms with Gasteiger partial charge in [-0.2, -0.15) is 5.10 Å². The molecule has 0 fully saturated rings. The second-order valence-electron chi connectivity index (χ2n) is 4.20. The summed E-state index contributed by atoms with van der Waals surface area (Å²) in [4.78, 5) is 4.16. The zero-order valence-corrected chi connectivity index (χ0v) is 10.2. The number of halogens is 1. The van der Waals surface area contributed by atoms with E-state index in [1.54, 1.807) is 16.8 Å². The van der Waals surface area contributed by atoms with Crippen molar-refractivity contribution in [2.75, 3.05) is 0 Å². The summed E-state index contributed by atoms with van der Waals surface area (Å²) in [6.07, 6.45) is 2.90. The van der Waals surface area contributed by atoms with Crippen LogP contribution in [0.4, 0.5) is 4.39 Å². The van der Waals surface area contributed by atoms with Gasteiger partial charge >= 0.3 is 0 Å². The van der Waals surface area contributed by atoms with Gasteiger partial charge in [0.1, 0.15) is 18.0 Å². The number of nitrogens with zero attached hydrogens (tertiary/aromatic N) is 3. The predicted molar refractivity (Wildman–Crippen MR) is 65.9 cm³/mol. The molecule has 1 aromatic carbocycles. The summed E-state index contributed by atoms with van der Waals surface area (Å²) < 4.78 is 14.5. The van der Waals surface area contributed by atoms with E-state index in [1.807, 2.05) is 7.05 Å². The molecule has 0 aliphatic rings. The van der Waals surface area contributed by atoms with Crippen LogP contribution in [0.2, 0.25) is 0 Å². The van der Waals surface area contributed by atoms with Crippen molar-refractivity contribution in [3.63, 3.8) is 0 Å². The Balaban J connectivity index is 2.01. The molecule has 2 aromatic rings. The lowest BCUT2D eigenvalue weighted by Gasteiger charge is -2.15. The molecule has 2 rings (SSSR count). The molecule has 6 heteroatoms. The summed E-state index contributed by atoms with van der Waals surface area (Å²) in [6.45, 7) is 0. The zero-order valence-electron chi connectivity index (χ0n) is 10.2. The summed E-state index contributed by atoms with van der Waals surface area (Å²) in [7, 11) is 1.84. The minimum Gasteiger partial charge on any atom is -0.271 e. The van der Waals surface area contributed by atoms with Crippen LogP contribution in [0, 0.1) is 5.82 Å². The Hall–Kier alpha value is -1.79. The first-order valence-electron chi connectivity index (χ1n) is 5.72. The topological polar surface area (TPSA) is 68.8 Å². The van der Waals surface area contributed by atoms with Crippen LogP contribution in [0.25, 0.3) is 0 Å². The van der Waals surface area contributed by atoms with E-state index in [1.165, 1.54) is 18.5 Å². The third-order valence-corrected chi connectivity index (χ3v) is 2.87. The van der Waals surface area contributed by atoms with Gasteiger partial charge in [0.05, 0.1) is 0 Å². The van der Waals surface area contributed by atoms with Crippen molar-refractivity contribution in [2.45, 2.75) is 18.9 Å². The van der Waals surface area contributed by atoms with Gasteiger partial charge in [0.15, 0.2) is 0 Å². The fraction of sp³-hybridized carbons (Fsp3) is 0.333. The van der Waals surface area contributed by atoms with Gasteiger partial charge in [-0.3, -0.25) is 16.0 Å². The van der Waals surface area contributed by atoms with Crippen LogP contribution in [-0.4, -0.2) is 20.8 Å². The standard InChI is InChI=1S/C12H16FN5/c1-18-12(15-8-16-18)7-11(17-14)6-9-2-4-10(13)5-3-9/h2-5,8,11,17H,6-7,14H2,1H3. The van der Waals surface area contributed by atoms with Crippen LogP contribution in [0.5, 0.6) is 0 Å². The molecule has 1 unspecified atom stereocenters. The van der Waals surface area contributed by atoms with E-state index in [9.17, 15) is 4.39 Å². The molecule has 5 nitrogen and oxygen atoms in total. The molecule has 3 N–H and O–H groups in total. The van der Waals surface area contributed by atoms with E-state index >= 15 is 0 Å². The molecule has 0 amide bonds. The van der Waals surface area contributed by atoms with Crippen molar-refractivity contribution in [1.29, 1.82) is 0 Å². The van der Waals surface area contributed by atoms with Crippen LogP contribution in [0.1, 0.15) is 11.4 Å². The van der Waals surface area contributed by atoms with Gasteiger partial charge in [0, 0.05) is 19.5 Å². The smallest absolute Gasteiger partial charge is 0.138 e. The Morgan fingerprint density at radius 1 is 1.33 bits per heavy atom. The molecule has 0 spiro atoms. The molecule has 0 aliphatic carbocycles. The van der Waals surface area contributed by atoms with Crippen LogP contribution in [0.15, 0.2) is 30.6 Å². The van der Waals surface area contributed by atoms with Crippen LogP contribution in [0.3, 0.4) is 0 Å². The summed E-state index contributed by atoms with van der Waals surface area (Å²) in [6, 6.07) is 6.46. The number of nitrogens with one attached hydrogen (secondary N) is 1. The molecule has 0 radical (unpaired) electrons. The maximum absolute atomic E-state index is 12.8. The average Bonchev–Trinajstić information content (AvgIpc) is 2.77. The van der Waals surface area contributed by atoms with Crippen molar-refractivity contribution in [3.05, 3.63) is 47.8 Å². The van der Waals surface area contributed by atoms with Crippen molar-refractivity contribution in [3.8, 4) is 0 Å². The number of rotatable bonds is 5. The Labute approximate surface area is 105 Å². The number of hydrogen-bond donors (Lipinski definition) is 2. The monoisotopic (exact) mass is 249 g/mol. The molecular formula is C12H16FN5. The first kappa shape index (κ1) is 12.7. The molecule has 18 heavy (non-hydrogen) atoms. The number of benzene rings is 1. The fourth-order valence-electron chi connectivity index (χ4n) is 1.82. The average molecular weight is 249 g/mol. The van der Waals surface area contributed by atoms with Crippen molar-refractivity contribution in [2.24, 2.45) is 12.9 Å². The molecule has 0 aliphatic heterocycles. The Morgan fingerprint density at radius 2 is 2.06 bits per heavy atom. The molecule has 0 bridgehead atoms. The minimum atomic E-state index is -0.232. The van der Waals surface area contributed by atoms with Crippen molar-refractivity contribution < 1.29 is 4.39 Å². The Bertz CT molecular complexity index is 493. The number of hydrogen-bond acceptors (Lipinski definition) is 4. The lowest BCUT2D eigenvalue weighted by molar-refractivity contribution is 0.499. The van der Waals surface area contributed by atoms with Crippen LogP contribution >= 0.6 is 0 Å². The highest BCUT2D eigenvalue weighted by Crippen LogP contribution is 2.08. The molecule has 1 aromatic heterocycles. The van der Waals surface area contributed by atoms with E-state index in [4.69, 9.17) is 5.84 Å². The number of aryl methyl sites for hydroxylation is 1. The van der Waals surface area contributed by atoms with Crippen LogP contribution in [-0.2, 0) is 19.9 Å². The van der Waals surface area contributed by atoms with E-state index in [-0.39, 0.29) is 11.9 Å². The molecule has 96 valence electrons. The highest BCUT2D eigenvalue weighted by atomic mass is 19.1. The first-order chi connectivity index (χ1) is 8.69. The first-order valence-corrected chi connectivity index (χ1v) is 5.72. The molecule has 0 saturated heterocycles. The van der Waals surface area contributed by atoms with Gasteiger partial charge in [0.2, 0.25) is 0 Å². The van der Waals surface area contributed by atoms with E-state index in [0.29, 0.717) is 12.8 Å². The Kier molecular flexibility index (Phi) is 4.01. The largest absolute Gasteiger partial charge is 0.271 e. The van der Waals surface area contributed by atoms with Gasteiger partial charge < -0.3 is 0 Å². The summed E-state index contributed by atoms with van der Waals surface area (Å²) >= 11 is 0. The fourth-order valence-corrected chi connectivity index (χ4v) is 1.82. The summed E-state index contributed by atoms with van der Waals surface area (Å²) in [5.41, 5.74) is 3.78. The van der Waals surface area contributed by atoms with E-state index in [2.05, 4.69) is 15.5 Å².